The molecule has 0 saturated carbocycles. The first-order chi connectivity index (χ1) is 13.0. The van der Waals surface area contributed by atoms with Crippen molar-refractivity contribution in [3.05, 3.63) is 25.3 Å². The third-order valence-corrected chi connectivity index (χ3v) is 5.72. The van der Waals surface area contributed by atoms with Gasteiger partial charge in [0.25, 0.3) is 0 Å². The highest BCUT2D eigenvalue weighted by atomic mass is 16.5. The van der Waals surface area contributed by atoms with Gasteiger partial charge in [0, 0.05) is 24.2 Å². The highest BCUT2D eigenvalue weighted by molar-refractivity contribution is 5.81. The molecule has 0 aromatic heterocycles. The first-order valence-electron chi connectivity index (χ1n) is 10.0. The number of piperidine rings is 1. The number of likely N-dealkylation sites (N-methyl/N-ethyl adjacent to an activating group) is 2. The topological polar surface area (TPSA) is 59.1 Å². The second-order valence-electron chi connectivity index (χ2n) is 8.09. The van der Waals surface area contributed by atoms with Crippen LogP contribution in [0.4, 0.5) is 0 Å². The summed E-state index contributed by atoms with van der Waals surface area (Å²) >= 11 is 0. The fraction of sp³-hybridized carbons (Fsp3) is 0.727. The molecule has 1 rings (SSSR count). The van der Waals surface area contributed by atoms with Crippen molar-refractivity contribution in [2.75, 3.05) is 33.3 Å². The van der Waals surface area contributed by atoms with Crippen molar-refractivity contribution in [3.8, 4) is 0 Å². The molecule has 28 heavy (non-hydrogen) atoms. The van der Waals surface area contributed by atoms with E-state index in [4.69, 9.17) is 9.47 Å². The van der Waals surface area contributed by atoms with Gasteiger partial charge in [-0.2, -0.15) is 0 Å². The smallest absolute Gasteiger partial charge is 0.330 e. The maximum Gasteiger partial charge on any atom is 0.330 e. The summed E-state index contributed by atoms with van der Waals surface area (Å²) in [6, 6.07) is 0. The molecule has 1 fully saturated rings. The summed E-state index contributed by atoms with van der Waals surface area (Å²) in [4.78, 5) is 26.4. The monoisotopic (exact) mass is 396 g/mol. The molecule has 6 nitrogen and oxygen atoms in total. The average Bonchev–Trinajstić information content (AvgIpc) is 2.66. The number of hydrogen-bond acceptors (Lipinski definition) is 6. The molecular weight excluding hydrogens is 356 g/mol. The summed E-state index contributed by atoms with van der Waals surface area (Å²) in [6.07, 6.45) is 4.29. The summed E-state index contributed by atoms with van der Waals surface area (Å²) in [7, 11) is 2.09. The largest absolute Gasteiger partial charge is 0.461 e. The molecule has 0 aliphatic carbocycles. The van der Waals surface area contributed by atoms with Gasteiger partial charge in [0.15, 0.2) is 0 Å². The summed E-state index contributed by atoms with van der Waals surface area (Å²) in [6.45, 7) is 22.8. The Bertz CT molecular complexity index is 525. The fourth-order valence-corrected chi connectivity index (χ4v) is 3.27. The van der Waals surface area contributed by atoms with E-state index in [1.165, 1.54) is 12.2 Å². The number of carbonyl (C=O) groups is 2. The van der Waals surface area contributed by atoms with Crippen LogP contribution < -0.4 is 0 Å². The van der Waals surface area contributed by atoms with Crippen molar-refractivity contribution >= 4 is 11.9 Å². The molecular formula is C22H40N2O4. The Labute approximate surface area is 171 Å². The van der Waals surface area contributed by atoms with Crippen molar-refractivity contribution in [2.24, 2.45) is 0 Å². The maximum absolute atomic E-state index is 11.3. The molecule has 1 atom stereocenters. The molecule has 1 heterocycles. The summed E-state index contributed by atoms with van der Waals surface area (Å²) < 4.78 is 10.2. The third-order valence-electron chi connectivity index (χ3n) is 5.72. The van der Waals surface area contributed by atoms with Gasteiger partial charge in [0.2, 0.25) is 0 Å². The van der Waals surface area contributed by atoms with Crippen LogP contribution in [0.2, 0.25) is 0 Å². The minimum atomic E-state index is -0.345. The number of esters is 2. The third kappa shape index (κ3) is 8.15. The quantitative estimate of drug-likeness (QED) is 0.463. The molecule has 162 valence electrons. The SMILES string of the molecule is C=CC(=O)OC1CCC(C)(C)N(C)C1(C)C.C=CC(=O)OCCN(CC)CC. The van der Waals surface area contributed by atoms with Gasteiger partial charge in [-0.3, -0.25) is 4.90 Å². The van der Waals surface area contributed by atoms with Crippen LogP contribution in [-0.2, 0) is 19.1 Å². The predicted octanol–water partition coefficient (Wildman–Crippen LogP) is 3.42. The zero-order valence-electron chi connectivity index (χ0n) is 18.9. The van der Waals surface area contributed by atoms with Gasteiger partial charge in [0.1, 0.15) is 12.7 Å². The molecule has 1 aliphatic rings. The van der Waals surface area contributed by atoms with Crippen LogP contribution >= 0.6 is 0 Å². The maximum atomic E-state index is 11.3. The Kier molecular flexibility index (Phi) is 11.3. The van der Waals surface area contributed by atoms with Crippen LogP contribution in [0.15, 0.2) is 25.3 Å². The van der Waals surface area contributed by atoms with Gasteiger partial charge in [-0.05, 0) is 60.7 Å². The van der Waals surface area contributed by atoms with Gasteiger partial charge < -0.3 is 14.4 Å². The van der Waals surface area contributed by atoms with Crippen LogP contribution in [0.5, 0.6) is 0 Å². The second-order valence-corrected chi connectivity index (χ2v) is 8.09. The van der Waals surface area contributed by atoms with Crippen molar-refractivity contribution in [1.29, 1.82) is 0 Å². The fourth-order valence-electron chi connectivity index (χ4n) is 3.27. The number of ether oxygens (including phenoxy) is 2. The van der Waals surface area contributed by atoms with E-state index < -0.39 is 0 Å². The molecule has 0 bridgehead atoms. The number of carbonyl (C=O) groups excluding carboxylic acids is 2. The van der Waals surface area contributed by atoms with E-state index in [9.17, 15) is 9.59 Å². The predicted molar refractivity (Wildman–Crippen MR) is 114 cm³/mol. The lowest BCUT2D eigenvalue weighted by molar-refractivity contribution is -0.161. The normalized spacial score (nSPS) is 20.5. The molecule has 6 heteroatoms. The summed E-state index contributed by atoms with van der Waals surface area (Å²) in [5.74, 6) is -0.673. The Hall–Kier alpha value is -1.66. The number of likely N-dealkylation sites (tertiary alicyclic amines) is 1. The van der Waals surface area contributed by atoms with Crippen molar-refractivity contribution < 1.29 is 19.1 Å². The number of rotatable bonds is 8. The average molecular weight is 397 g/mol. The molecule has 0 radical (unpaired) electrons. The summed E-state index contributed by atoms with van der Waals surface area (Å²) in [5.41, 5.74) is 0.0149. The molecule has 0 aromatic carbocycles. The molecule has 1 unspecified atom stereocenters. The lowest BCUT2D eigenvalue weighted by atomic mass is 9.78. The van der Waals surface area contributed by atoms with Crippen LogP contribution in [0.1, 0.15) is 54.4 Å². The number of hydrogen-bond donors (Lipinski definition) is 0. The lowest BCUT2D eigenvalue weighted by Gasteiger charge is -2.54. The first-order valence-corrected chi connectivity index (χ1v) is 10.0. The zero-order chi connectivity index (χ0) is 22.0. The number of nitrogens with zero attached hydrogens (tertiary/aromatic N) is 2. The molecule has 1 aliphatic heterocycles. The van der Waals surface area contributed by atoms with E-state index in [1.807, 2.05) is 0 Å². The first kappa shape index (κ1) is 26.3. The van der Waals surface area contributed by atoms with Crippen LogP contribution in [0, 0.1) is 0 Å². The Morgan fingerprint density at radius 3 is 2.11 bits per heavy atom. The van der Waals surface area contributed by atoms with E-state index in [2.05, 4.69) is 71.5 Å². The minimum Gasteiger partial charge on any atom is -0.461 e. The highest BCUT2D eigenvalue weighted by Crippen LogP contribution is 2.38. The second kappa shape index (κ2) is 12.0. The van der Waals surface area contributed by atoms with Crippen molar-refractivity contribution in [1.82, 2.24) is 9.80 Å². The molecule has 0 spiro atoms. The minimum absolute atomic E-state index is 0.0592. The van der Waals surface area contributed by atoms with Gasteiger partial charge in [0.05, 0.1) is 5.54 Å². The van der Waals surface area contributed by atoms with Gasteiger partial charge in [-0.15, -0.1) is 0 Å². The van der Waals surface area contributed by atoms with Gasteiger partial charge in [-0.1, -0.05) is 27.0 Å². The highest BCUT2D eigenvalue weighted by Gasteiger charge is 2.46. The molecule has 0 aromatic rings. The van der Waals surface area contributed by atoms with E-state index in [0.29, 0.717) is 6.61 Å². The van der Waals surface area contributed by atoms with Gasteiger partial charge in [-0.25, -0.2) is 9.59 Å². The Balaban J connectivity index is 0.000000546. The molecule has 1 saturated heterocycles. The van der Waals surface area contributed by atoms with Crippen molar-refractivity contribution in [3.63, 3.8) is 0 Å². The van der Waals surface area contributed by atoms with E-state index in [1.54, 1.807) is 0 Å². The Morgan fingerprint density at radius 2 is 1.64 bits per heavy atom. The van der Waals surface area contributed by atoms with Crippen LogP contribution in [0.3, 0.4) is 0 Å². The van der Waals surface area contributed by atoms with E-state index in [-0.39, 0.29) is 29.1 Å². The standard InChI is InChI=1S/C13H23NO2.C9H17NO2/c1-7-11(15)16-10-8-9-12(2,3)14(6)13(10,4)5;1-4-9(11)12-8-7-10(5-2)6-3/h7,10H,1,8-9H2,2-6H3;4H,1,5-8H2,2-3H3. The van der Waals surface area contributed by atoms with Crippen LogP contribution in [-0.4, -0.2) is 72.2 Å². The van der Waals surface area contributed by atoms with Crippen molar-refractivity contribution in [2.45, 2.75) is 71.6 Å². The van der Waals surface area contributed by atoms with E-state index >= 15 is 0 Å². The van der Waals surface area contributed by atoms with Crippen LogP contribution in [0.25, 0.3) is 0 Å². The molecule has 0 amide bonds. The molecule has 0 N–H and O–H groups in total. The zero-order valence-corrected chi connectivity index (χ0v) is 18.9. The van der Waals surface area contributed by atoms with E-state index in [0.717, 1.165) is 32.5 Å². The summed E-state index contributed by atoms with van der Waals surface area (Å²) in [5, 5.41) is 0. The lowest BCUT2D eigenvalue weighted by Crippen LogP contribution is -2.63. The Morgan fingerprint density at radius 1 is 1.11 bits per heavy atom. The van der Waals surface area contributed by atoms with Gasteiger partial charge >= 0.3 is 11.9 Å².